The molecule has 2 rings (SSSR count). The molecule has 3 nitrogen and oxygen atoms in total. The summed E-state index contributed by atoms with van der Waals surface area (Å²) in [4.78, 5) is 13.8. The van der Waals surface area contributed by atoms with Gasteiger partial charge in [0.1, 0.15) is 0 Å². The molecule has 1 amide bonds. The Balaban J connectivity index is 1.87. The van der Waals surface area contributed by atoms with Crippen molar-refractivity contribution in [2.75, 3.05) is 17.7 Å². The second-order valence-electron chi connectivity index (χ2n) is 5.24. The van der Waals surface area contributed by atoms with Crippen molar-refractivity contribution >= 4 is 17.3 Å². The number of carbonyl (C=O) groups is 1. The van der Waals surface area contributed by atoms with Crippen molar-refractivity contribution in [1.82, 2.24) is 0 Å². The molecular formula is C15H22N2O. The van der Waals surface area contributed by atoms with Crippen LogP contribution in [-0.2, 0) is 4.79 Å². The molecule has 0 saturated heterocycles. The largest absolute Gasteiger partial charge is 0.399 e. The van der Waals surface area contributed by atoms with E-state index in [9.17, 15) is 4.79 Å². The molecule has 0 aliphatic heterocycles. The number of nitrogen functional groups attached to an aromatic ring is 1. The molecule has 1 aliphatic rings. The summed E-state index contributed by atoms with van der Waals surface area (Å²) in [6.07, 6.45) is 6.96. The van der Waals surface area contributed by atoms with Crippen molar-refractivity contribution in [2.24, 2.45) is 5.92 Å². The minimum absolute atomic E-state index is 0.187. The van der Waals surface area contributed by atoms with Crippen molar-refractivity contribution < 1.29 is 4.79 Å². The van der Waals surface area contributed by atoms with E-state index in [0.717, 1.165) is 18.0 Å². The van der Waals surface area contributed by atoms with Crippen molar-refractivity contribution in [2.45, 2.75) is 38.5 Å². The average molecular weight is 246 g/mol. The van der Waals surface area contributed by atoms with Crippen LogP contribution in [-0.4, -0.2) is 13.0 Å². The van der Waals surface area contributed by atoms with E-state index in [-0.39, 0.29) is 5.91 Å². The fourth-order valence-electron chi connectivity index (χ4n) is 2.67. The van der Waals surface area contributed by atoms with Crippen LogP contribution >= 0.6 is 0 Å². The van der Waals surface area contributed by atoms with Crippen molar-refractivity contribution in [3.05, 3.63) is 24.3 Å². The first-order valence-corrected chi connectivity index (χ1v) is 6.79. The number of nitrogens with zero attached hydrogens (tertiary/aromatic N) is 1. The maximum absolute atomic E-state index is 12.1. The monoisotopic (exact) mass is 246 g/mol. The average Bonchev–Trinajstić information content (AvgIpc) is 2.88. The van der Waals surface area contributed by atoms with E-state index in [1.54, 1.807) is 4.90 Å². The van der Waals surface area contributed by atoms with Gasteiger partial charge in [-0.05, 0) is 30.5 Å². The van der Waals surface area contributed by atoms with Gasteiger partial charge in [-0.3, -0.25) is 4.79 Å². The number of carbonyl (C=O) groups excluding carboxylic acids is 1. The SMILES string of the molecule is CN(C(=O)CCC1CCCC1)c1cccc(N)c1. The molecule has 0 aromatic heterocycles. The Morgan fingerprint density at radius 2 is 2.11 bits per heavy atom. The Morgan fingerprint density at radius 1 is 1.39 bits per heavy atom. The summed E-state index contributed by atoms with van der Waals surface area (Å²) in [6.45, 7) is 0. The maximum Gasteiger partial charge on any atom is 0.226 e. The second-order valence-corrected chi connectivity index (χ2v) is 5.24. The van der Waals surface area contributed by atoms with Gasteiger partial charge in [0.25, 0.3) is 0 Å². The van der Waals surface area contributed by atoms with Gasteiger partial charge in [-0.2, -0.15) is 0 Å². The van der Waals surface area contributed by atoms with Gasteiger partial charge in [-0.25, -0.2) is 0 Å². The van der Waals surface area contributed by atoms with Crippen LogP contribution in [0.1, 0.15) is 38.5 Å². The highest BCUT2D eigenvalue weighted by atomic mass is 16.2. The van der Waals surface area contributed by atoms with E-state index in [1.165, 1.54) is 25.7 Å². The zero-order chi connectivity index (χ0) is 13.0. The first kappa shape index (κ1) is 12.9. The number of amides is 1. The normalized spacial score (nSPS) is 15.8. The van der Waals surface area contributed by atoms with Crippen molar-refractivity contribution in [1.29, 1.82) is 0 Å². The molecule has 1 fully saturated rings. The van der Waals surface area contributed by atoms with Crippen LogP contribution in [0, 0.1) is 5.92 Å². The highest BCUT2D eigenvalue weighted by molar-refractivity contribution is 5.93. The van der Waals surface area contributed by atoms with Crippen molar-refractivity contribution in [3.63, 3.8) is 0 Å². The lowest BCUT2D eigenvalue weighted by molar-refractivity contribution is -0.118. The lowest BCUT2D eigenvalue weighted by Gasteiger charge is -2.18. The van der Waals surface area contributed by atoms with Gasteiger partial charge in [0.05, 0.1) is 0 Å². The summed E-state index contributed by atoms with van der Waals surface area (Å²) in [5.41, 5.74) is 7.31. The third kappa shape index (κ3) is 3.25. The second kappa shape index (κ2) is 5.89. The minimum Gasteiger partial charge on any atom is -0.399 e. The number of benzene rings is 1. The third-order valence-electron chi connectivity index (χ3n) is 3.87. The van der Waals surface area contributed by atoms with E-state index in [0.29, 0.717) is 12.1 Å². The van der Waals surface area contributed by atoms with E-state index in [1.807, 2.05) is 31.3 Å². The molecule has 2 N–H and O–H groups in total. The summed E-state index contributed by atoms with van der Waals surface area (Å²) >= 11 is 0. The molecule has 1 saturated carbocycles. The lowest BCUT2D eigenvalue weighted by atomic mass is 10.0. The third-order valence-corrected chi connectivity index (χ3v) is 3.87. The lowest BCUT2D eigenvalue weighted by Crippen LogP contribution is -2.26. The molecule has 18 heavy (non-hydrogen) atoms. The summed E-state index contributed by atoms with van der Waals surface area (Å²) in [5, 5.41) is 0. The van der Waals surface area contributed by atoms with Crippen LogP contribution in [0.4, 0.5) is 11.4 Å². The van der Waals surface area contributed by atoms with Gasteiger partial charge in [-0.1, -0.05) is 31.7 Å². The first-order chi connectivity index (χ1) is 8.66. The van der Waals surface area contributed by atoms with Crippen LogP contribution in [0.2, 0.25) is 0 Å². The number of hydrogen-bond donors (Lipinski definition) is 1. The summed E-state index contributed by atoms with van der Waals surface area (Å²) in [7, 11) is 1.83. The smallest absolute Gasteiger partial charge is 0.226 e. The highest BCUT2D eigenvalue weighted by Crippen LogP contribution is 2.29. The summed E-state index contributed by atoms with van der Waals surface area (Å²) < 4.78 is 0. The van der Waals surface area contributed by atoms with E-state index >= 15 is 0 Å². The topological polar surface area (TPSA) is 46.3 Å². The van der Waals surface area contributed by atoms with E-state index in [4.69, 9.17) is 5.73 Å². The van der Waals surface area contributed by atoms with Crippen LogP contribution in [0.15, 0.2) is 24.3 Å². The Morgan fingerprint density at radius 3 is 2.78 bits per heavy atom. The van der Waals surface area contributed by atoms with Crippen LogP contribution in [0.5, 0.6) is 0 Å². The number of nitrogens with two attached hydrogens (primary N) is 1. The van der Waals surface area contributed by atoms with Gasteiger partial charge in [0.2, 0.25) is 5.91 Å². The molecule has 1 aromatic rings. The van der Waals surface area contributed by atoms with E-state index < -0.39 is 0 Å². The molecule has 0 atom stereocenters. The Bertz CT molecular complexity index is 411. The Labute approximate surface area is 109 Å². The van der Waals surface area contributed by atoms with Gasteiger partial charge in [0, 0.05) is 24.8 Å². The highest BCUT2D eigenvalue weighted by Gasteiger charge is 2.18. The number of rotatable bonds is 4. The van der Waals surface area contributed by atoms with Gasteiger partial charge >= 0.3 is 0 Å². The first-order valence-electron chi connectivity index (χ1n) is 6.79. The molecular weight excluding hydrogens is 224 g/mol. The van der Waals surface area contributed by atoms with E-state index in [2.05, 4.69) is 0 Å². The minimum atomic E-state index is 0.187. The van der Waals surface area contributed by atoms with Gasteiger partial charge in [-0.15, -0.1) is 0 Å². The number of hydrogen-bond acceptors (Lipinski definition) is 2. The van der Waals surface area contributed by atoms with Gasteiger partial charge < -0.3 is 10.6 Å². The van der Waals surface area contributed by atoms with Gasteiger partial charge in [0.15, 0.2) is 0 Å². The molecule has 0 bridgehead atoms. The van der Waals surface area contributed by atoms with Crippen LogP contribution in [0.3, 0.4) is 0 Å². The van der Waals surface area contributed by atoms with Crippen LogP contribution in [0.25, 0.3) is 0 Å². The molecule has 0 unspecified atom stereocenters. The summed E-state index contributed by atoms with van der Waals surface area (Å²) in [6, 6.07) is 7.48. The zero-order valence-electron chi connectivity index (χ0n) is 11.1. The van der Waals surface area contributed by atoms with Crippen LogP contribution < -0.4 is 10.6 Å². The predicted octanol–water partition coefficient (Wildman–Crippen LogP) is 3.20. The number of anilines is 2. The molecule has 98 valence electrons. The fourth-order valence-corrected chi connectivity index (χ4v) is 2.67. The Kier molecular flexibility index (Phi) is 4.24. The molecule has 1 aliphatic carbocycles. The molecule has 0 heterocycles. The standard InChI is InChI=1S/C15H22N2O/c1-17(14-8-4-7-13(16)11-14)15(18)10-9-12-5-2-3-6-12/h4,7-8,11-12H,2-3,5-6,9-10,16H2,1H3. The van der Waals surface area contributed by atoms with Crippen molar-refractivity contribution in [3.8, 4) is 0 Å². The molecule has 0 radical (unpaired) electrons. The predicted molar refractivity (Wildman–Crippen MR) is 75.5 cm³/mol. The molecule has 1 aromatic carbocycles. The fraction of sp³-hybridized carbons (Fsp3) is 0.533. The summed E-state index contributed by atoms with van der Waals surface area (Å²) in [5.74, 6) is 0.954. The Hall–Kier alpha value is -1.51. The quantitative estimate of drug-likeness (QED) is 0.829. The zero-order valence-corrected chi connectivity index (χ0v) is 11.1. The molecule has 3 heteroatoms. The maximum atomic E-state index is 12.1. The molecule has 0 spiro atoms.